The summed E-state index contributed by atoms with van der Waals surface area (Å²) in [4.78, 5) is 28.8. The van der Waals surface area contributed by atoms with E-state index in [4.69, 9.17) is 9.84 Å². The molecule has 6 rings (SSSR count). The van der Waals surface area contributed by atoms with Gasteiger partial charge in [-0.15, -0.1) is 11.3 Å². The van der Waals surface area contributed by atoms with Crippen molar-refractivity contribution in [1.82, 2.24) is 14.9 Å². The zero-order valence-corrected chi connectivity index (χ0v) is 21.1. The van der Waals surface area contributed by atoms with Crippen LogP contribution in [0.15, 0.2) is 54.2 Å². The first-order valence-corrected chi connectivity index (χ1v) is 13.1. The van der Waals surface area contributed by atoms with E-state index in [0.29, 0.717) is 29.1 Å². The summed E-state index contributed by atoms with van der Waals surface area (Å²) in [5.41, 5.74) is 3.91. The Morgan fingerprint density at radius 1 is 1.22 bits per heavy atom. The highest BCUT2D eigenvalue weighted by molar-refractivity contribution is 7.17. The Morgan fingerprint density at radius 2 is 2.03 bits per heavy atom. The predicted molar refractivity (Wildman–Crippen MR) is 138 cm³/mol. The number of fused-ring (bicyclic) bond motifs is 1. The topological polar surface area (TPSA) is 93.5 Å². The number of ether oxygens (including phenoxy) is 1. The molecule has 0 bridgehead atoms. The van der Waals surface area contributed by atoms with E-state index in [0.717, 1.165) is 41.5 Å². The number of benzene rings is 1. The van der Waals surface area contributed by atoms with Crippen LogP contribution < -0.4 is 10.1 Å². The minimum atomic E-state index is -0.710. The van der Waals surface area contributed by atoms with E-state index >= 15 is 0 Å². The largest absolute Gasteiger partial charge is 0.497 e. The van der Waals surface area contributed by atoms with Crippen molar-refractivity contribution in [1.29, 1.82) is 0 Å². The molecule has 3 aromatic heterocycles. The van der Waals surface area contributed by atoms with Crippen molar-refractivity contribution in [3.05, 3.63) is 71.1 Å². The van der Waals surface area contributed by atoms with E-state index in [1.807, 2.05) is 34.3 Å². The lowest BCUT2D eigenvalue weighted by molar-refractivity contribution is -0.155. The number of carboxylic acid groups (broad SMARTS) is 1. The van der Waals surface area contributed by atoms with E-state index in [1.54, 1.807) is 12.3 Å². The lowest BCUT2D eigenvalue weighted by atomic mass is 9.50. The summed E-state index contributed by atoms with van der Waals surface area (Å²) >= 11 is 1.54. The minimum absolute atomic E-state index is 0.0892. The average molecular weight is 520 g/mol. The van der Waals surface area contributed by atoms with Crippen molar-refractivity contribution < 1.29 is 23.8 Å². The van der Waals surface area contributed by atoms with E-state index in [-0.39, 0.29) is 29.1 Å². The molecule has 2 aliphatic rings. The number of aliphatic carboxylic acids is 1. The van der Waals surface area contributed by atoms with Crippen molar-refractivity contribution in [3.63, 3.8) is 0 Å². The Kier molecular flexibility index (Phi) is 5.75. The molecular formula is C28H26FN3O4S. The molecule has 4 aromatic rings. The number of hydrogen-bond acceptors (Lipinski definition) is 5. The standard InChI is InChI=1S/C28H26FN3O4S/c1-36-21-7-17(6-19(29)8-21)23-3-2-16(13-30-23)14-32-5-4-24-25(32)22(15-37-24)26(33)31-20-11-28(12-20)9-18(10-28)27(34)35/h2-8,13,15,18,20H,9-12,14H2,1H3,(H,31,33)(H,34,35). The second kappa shape index (κ2) is 8.99. The van der Waals surface area contributed by atoms with E-state index in [1.165, 1.54) is 30.6 Å². The van der Waals surface area contributed by atoms with Crippen LogP contribution in [-0.2, 0) is 11.3 Å². The normalized spacial score (nSPS) is 22.4. The number of halogens is 1. The van der Waals surface area contributed by atoms with Crippen LogP contribution >= 0.6 is 11.3 Å². The lowest BCUT2D eigenvalue weighted by Crippen LogP contribution is -2.57. The molecule has 3 heterocycles. The van der Waals surface area contributed by atoms with Crippen LogP contribution in [0.3, 0.4) is 0 Å². The number of thiophene rings is 1. The van der Waals surface area contributed by atoms with Gasteiger partial charge in [-0.1, -0.05) is 6.07 Å². The van der Waals surface area contributed by atoms with Crippen LogP contribution in [0.4, 0.5) is 4.39 Å². The summed E-state index contributed by atoms with van der Waals surface area (Å²) in [6.45, 7) is 0.545. The van der Waals surface area contributed by atoms with Gasteiger partial charge in [0.05, 0.1) is 34.5 Å². The number of aromatic nitrogens is 2. The van der Waals surface area contributed by atoms with Gasteiger partial charge in [0.2, 0.25) is 0 Å². The van der Waals surface area contributed by atoms with Crippen LogP contribution in [0.1, 0.15) is 41.6 Å². The Bertz CT molecular complexity index is 1500. The maximum absolute atomic E-state index is 13.9. The molecule has 2 fully saturated rings. The summed E-state index contributed by atoms with van der Waals surface area (Å²) < 4.78 is 22.1. The smallest absolute Gasteiger partial charge is 0.306 e. The number of amides is 1. The molecule has 2 aliphatic carbocycles. The van der Waals surface area contributed by atoms with Crippen molar-refractivity contribution in [3.8, 4) is 17.0 Å². The molecule has 2 N–H and O–H groups in total. The molecule has 0 atom stereocenters. The van der Waals surface area contributed by atoms with Gasteiger partial charge in [0.25, 0.3) is 5.91 Å². The third-order valence-electron chi connectivity index (χ3n) is 7.71. The molecule has 0 aliphatic heterocycles. The third-order valence-corrected chi connectivity index (χ3v) is 8.65. The molecule has 1 aromatic carbocycles. The zero-order valence-electron chi connectivity index (χ0n) is 20.2. The van der Waals surface area contributed by atoms with E-state index in [2.05, 4.69) is 10.3 Å². The number of rotatable bonds is 7. The zero-order chi connectivity index (χ0) is 25.7. The van der Waals surface area contributed by atoms with Gasteiger partial charge in [0.1, 0.15) is 11.6 Å². The van der Waals surface area contributed by atoms with Crippen LogP contribution in [0.25, 0.3) is 21.5 Å². The maximum atomic E-state index is 13.9. The molecule has 0 saturated heterocycles. The van der Waals surface area contributed by atoms with Gasteiger partial charge in [-0.25, -0.2) is 4.39 Å². The van der Waals surface area contributed by atoms with Crippen LogP contribution in [0.5, 0.6) is 5.75 Å². The molecular weight excluding hydrogens is 493 g/mol. The van der Waals surface area contributed by atoms with E-state index in [9.17, 15) is 14.0 Å². The summed E-state index contributed by atoms with van der Waals surface area (Å²) in [5.74, 6) is -0.968. The SMILES string of the molecule is COc1cc(F)cc(-c2ccc(Cn3ccc4scc(C(=O)NC5CC6(C5)CC(C(=O)O)C6)c43)cn2)c1. The summed E-state index contributed by atoms with van der Waals surface area (Å²) in [7, 11) is 1.50. The van der Waals surface area contributed by atoms with Crippen molar-refractivity contribution in [2.45, 2.75) is 38.3 Å². The van der Waals surface area contributed by atoms with Crippen molar-refractivity contribution in [2.24, 2.45) is 11.3 Å². The highest BCUT2D eigenvalue weighted by Gasteiger charge is 2.55. The number of pyridine rings is 1. The van der Waals surface area contributed by atoms with Crippen LogP contribution in [0, 0.1) is 17.2 Å². The fraction of sp³-hybridized carbons (Fsp3) is 0.321. The van der Waals surface area contributed by atoms with Gasteiger partial charge < -0.3 is 19.7 Å². The first-order chi connectivity index (χ1) is 17.8. The van der Waals surface area contributed by atoms with Crippen LogP contribution in [-0.4, -0.2) is 39.7 Å². The molecule has 190 valence electrons. The second-order valence-corrected chi connectivity index (χ2v) is 11.2. The van der Waals surface area contributed by atoms with Crippen molar-refractivity contribution >= 4 is 33.4 Å². The van der Waals surface area contributed by atoms with Crippen molar-refractivity contribution in [2.75, 3.05) is 7.11 Å². The minimum Gasteiger partial charge on any atom is -0.497 e. The fourth-order valence-electron chi connectivity index (χ4n) is 5.86. The fourth-order valence-corrected chi connectivity index (χ4v) is 6.81. The van der Waals surface area contributed by atoms with Crippen LogP contribution in [0.2, 0.25) is 0 Å². The molecule has 9 heteroatoms. The summed E-state index contributed by atoms with van der Waals surface area (Å²) in [6, 6.07) is 10.4. The molecule has 0 unspecified atom stereocenters. The third kappa shape index (κ3) is 4.37. The summed E-state index contributed by atoms with van der Waals surface area (Å²) in [5, 5.41) is 14.2. The van der Waals surface area contributed by atoms with Gasteiger partial charge in [-0.3, -0.25) is 14.6 Å². The summed E-state index contributed by atoms with van der Waals surface area (Å²) in [6.07, 6.45) is 6.89. The number of nitrogens with zero attached hydrogens (tertiary/aromatic N) is 2. The number of carboxylic acids is 1. The quantitative estimate of drug-likeness (QED) is 0.344. The first-order valence-electron chi connectivity index (χ1n) is 12.2. The van der Waals surface area contributed by atoms with E-state index < -0.39 is 5.97 Å². The molecule has 0 radical (unpaired) electrons. The number of carbonyl (C=O) groups is 2. The molecule has 2 saturated carbocycles. The Balaban J connectivity index is 1.14. The Hall–Kier alpha value is -3.72. The number of hydrogen-bond donors (Lipinski definition) is 2. The molecule has 37 heavy (non-hydrogen) atoms. The highest BCUT2D eigenvalue weighted by atomic mass is 32.1. The monoisotopic (exact) mass is 519 g/mol. The molecule has 7 nitrogen and oxygen atoms in total. The lowest BCUT2D eigenvalue weighted by Gasteiger charge is -2.56. The predicted octanol–water partition coefficient (Wildman–Crippen LogP) is 5.33. The maximum Gasteiger partial charge on any atom is 0.306 e. The average Bonchev–Trinajstić information content (AvgIpc) is 3.42. The first kappa shape index (κ1) is 23.7. The number of methoxy groups -OCH3 is 1. The van der Waals surface area contributed by atoms with Gasteiger partial charge in [-0.2, -0.15) is 0 Å². The van der Waals surface area contributed by atoms with Gasteiger partial charge in [-0.05, 0) is 60.9 Å². The van der Waals surface area contributed by atoms with Gasteiger partial charge in [0.15, 0.2) is 0 Å². The molecule has 1 amide bonds. The number of nitrogens with one attached hydrogen (secondary N) is 1. The highest BCUT2D eigenvalue weighted by Crippen LogP contribution is 2.58. The Morgan fingerprint density at radius 3 is 2.73 bits per heavy atom. The van der Waals surface area contributed by atoms with Gasteiger partial charge in [0, 0.05) is 42.0 Å². The Labute approximate surface area is 216 Å². The second-order valence-electron chi connectivity index (χ2n) is 10.3. The number of carbonyl (C=O) groups excluding carboxylic acids is 1. The van der Waals surface area contributed by atoms with Gasteiger partial charge >= 0.3 is 5.97 Å². The molecule has 1 spiro atoms.